The van der Waals surface area contributed by atoms with Gasteiger partial charge < -0.3 is 4.74 Å². The SMILES string of the molecule is CC(C)c1ccccc1OCc1ccncc1Cl. The number of hydrogen-bond donors (Lipinski definition) is 0. The van der Waals surface area contributed by atoms with Gasteiger partial charge in [0.1, 0.15) is 12.4 Å². The van der Waals surface area contributed by atoms with Crippen LogP contribution in [0.15, 0.2) is 42.7 Å². The number of benzene rings is 1. The van der Waals surface area contributed by atoms with Crippen LogP contribution in [0, 0.1) is 0 Å². The van der Waals surface area contributed by atoms with E-state index in [-0.39, 0.29) is 0 Å². The lowest BCUT2D eigenvalue weighted by Crippen LogP contribution is -2.00. The van der Waals surface area contributed by atoms with Gasteiger partial charge in [0, 0.05) is 18.0 Å². The zero-order valence-corrected chi connectivity index (χ0v) is 11.3. The van der Waals surface area contributed by atoms with Crippen molar-refractivity contribution in [3.8, 4) is 5.75 Å². The molecule has 2 rings (SSSR count). The summed E-state index contributed by atoms with van der Waals surface area (Å²) < 4.78 is 5.85. The normalized spacial score (nSPS) is 10.7. The van der Waals surface area contributed by atoms with E-state index in [1.807, 2.05) is 24.3 Å². The van der Waals surface area contributed by atoms with E-state index in [1.165, 1.54) is 5.56 Å². The molecule has 0 spiro atoms. The van der Waals surface area contributed by atoms with Crippen molar-refractivity contribution in [3.63, 3.8) is 0 Å². The fourth-order valence-electron chi connectivity index (χ4n) is 1.77. The lowest BCUT2D eigenvalue weighted by Gasteiger charge is -2.14. The zero-order valence-electron chi connectivity index (χ0n) is 10.6. The number of hydrogen-bond acceptors (Lipinski definition) is 2. The van der Waals surface area contributed by atoms with Gasteiger partial charge in [-0.2, -0.15) is 0 Å². The lowest BCUT2D eigenvalue weighted by atomic mass is 10.0. The average Bonchev–Trinajstić information content (AvgIpc) is 2.38. The third kappa shape index (κ3) is 3.02. The summed E-state index contributed by atoms with van der Waals surface area (Å²) in [6.07, 6.45) is 3.35. The molecule has 2 nitrogen and oxygen atoms in total. The largest absolute Gasteiger partial charge is 0.489 e. The number of rotatable bonds is 4. The second-order valence-electron chi connectivity index (χ2n) is 4.45. The number of aromatic nitrogens is 1. The summed E-state index contributed by atoms with van der Waals surface area (Å²) in [6, 6.07) is 9.97. The van der Waals surface area contributed by atoms with Crippen LogP contribution in [0.2, 0.25) is 5.02 Å². The lowest BCUT2D eigenvalue weighted by molar-refractivity contribution is 0.302. The molecule has 0 amide bonds. The van der Waals surface area contributed by atoms with Crippen molar-refractivity contribution in [1.29, 1.82) is 0 Å². The molecule has 2 aromatic rings. The molecule has 0 fully saturated rings. The second kappa shape index (κ2) is 5.87. The Morgan fingerprint density at radius 1 is 1.22 bits per heavy atom. The molecule has 3 heteroatoms. The maximum absolute atomic E-state index is 6.05. The minimum absolute atomic E-state index is 0.439. The highest BCUT2D eigenvalue weighted by molar-refractivity contribution is 6.31. The monoisotopic (exact) mass is 261 g/mol. The van der Waals surface area contributed by atoms with Gasteiger partial charge in [-0.3, -0.25) is 4.98 Å². The Kier molecular flexibility index (Phi) is 4.21. The smallest absolute Gasteiger partial charge is 0.123 e. The molecule has 0 aliphatic heterocycles. The summed E-state index contributed by atoms with van der Waals surface area (Å²) in [4.78, 5) is 3.96. The van der Waals surface area contributed by atoms with Crippen LogP contribution < -0.4 is 4.74 Å². The van der Waals surface area contributed by atoms with Crippen molar-refractivity contribution in [2.24, 2.45) is 0 Å². The predicted octanol–water partition coefficient (Wildman–Crippen LogP) is 4.44. The minimum Gasteiger partial charge on any atom is -0.489 e. The molecular formula is C15H16ClNO. The Bertz CT molecular complexity index is 525. The van der Waals surface area contributed by atoms with Gasteiger partial charge in [0.2, 0.25) is 0 Å². The van der Waals surface area contributed by atoms with Gasteiger partial charge in [0.15, 0.2) is 0 Å². The molecule has 1 aromatic carbocycles. The highest BCUT2D eigenvalue weighted by Gasteiger charge is 2.07. The molecule has 0 radical (unpaired) electrons. The van der Waals surface area contributed by atoms with E-state index < -0.39 is 0 Å². The molecular weight excluding hydrogens is 246 g/mol. The summed E-state index contributed by atoms with van der Waals surface area (Å²) in [5, 5.41) is 0.638. The van der Waals surface area contributed by atoms with Crippen LogP contribution in [0.25, 0.3) is 0 Å². The van der Waals surface area contributed by atoms with Crippen molar-refractivity contribution in [2.45, 2.75) is 26.4 Å². The highest BCUT2D eigenvalue weighted by atomic mass is 35.5. The van der Waals surface area contributed by atoms with Crippen molar-refractivity contribution in [2.75, 3.05) is 0 Å². The summed E-state index contributed by atoms with van der Waals surface area (Å²) >= 11 is 6.05. The summed E-state index contributed by atoms with van der Waals surface area (Å²) in [5.74, 6) is 1.36. The first-order valence-corrected chi connectivity index (χ1v) is 6.36. The van der Waals surface area contributed by atoms with Crippen LogP contribution in [0.3, 0.4) is 0 Å². The fraction of sp³-hybridized carbons (Fsp3) is 0.267. The molecule has 1 heterocycles. The molecule has 0 unspecified atom stereocenters. The van der Waals surface area contributed by atoms with E-state index in [9.17, 15) is 0 Å². The quantitative estimate of drug-likeness (QED) is 0.812. The second-order valence-corrected chi connectivity index (χ2v) is 4.86. The average molecular weight is 262 g/mol. The van der Waals surface area contributed by atoms with Gasteiger partial charge in [-0.1, -0.05) is 43.6 Å². The Hall–Kier alpha value is -1.54. The number of pyridine rings is 1. The minimum atomic E-state index is 0.439. The van der Waals surface area contributed by atoms with Crippen LogP contribution in [0.1, 0.15) is 30.9 Å². The first-order chi connectivity index (χ1) is 8.68. The van der Waals surface area contributed by atoms with E-state index in [4.69, 9.17) is 16.3 Å². The van der Waals surface area contributed by atoms with Crippen LogP contribution in [-0.4, -0.2) is 4.98 Å². The van der Waals surface area contributed by atoms with E-state index in [0.717, 1.165) is 11.3 Å². The molecule has 0 saturated carbocycles. The number of para-hydroxylation sites is 1. The van der Waals surface area contributed by atoms with Crippen LogP contribution in [0.4, 0.5) is 0 Å². The van der Waals surface area contributed by atoms with Crippen LogP contribution >= 0.6 is 11.6 Å². The van der Waals surface area contributed by atoms with E-state index in [0.29, 0.717) is 17.5 Å². The number of halogens is 1. The van der Waals surface area contributed by atoms with E-state index in [1.54, 1.807) is 12.4 Å². The Morgan fingerprint density at radius 2 is 2.00 bits per heavy atom. The molecule has 1 aromatic heterocycles. The van der Waals surface area contributed by atoms with Gasteiger partial charge >= 0.3 is 0 Å². The Balaban J connectivity index is 2.14. The van der Waals surface area contributed by atoms with Crippen LogP contribution in [-0.2, 0) is 6.61 Å². The van der Waals surface area contributed by atoms with Gasteiger partial charge in [-0.05, 0) is 23.6 Å². The van der Waals surface area contributed by atoms with Crippen molar-refractivity contribution in [3.05, 3.63) is 58.9 Å². The molecule has 0 saturated heterocycles. The van der Waals surface area contributed by atoms with E-state index in [2.05, 4.69) is 24.9 Å². The maximum Gasteiger partial charge on any atom is 0.123 e. The Labute approximate surface area is 113 Å². The van der Waals surface area contributed by atoms with Crippen LogP contribution in [0.5, 0.6) is 5.75 Å². The highest BCUT2D eigenvalue weighted by Crippen LogP contribution is 2.27. The molecule has 0 aliphatic carbocycles. The van der Waals surface area contributed by atoms with Crippen molar-refractivity contribution in [1.82, 2.24) is 4.98 Å². The molecule has 0 bridgehead atoms. The summed E-state index contributed by atoms with van der Waals surface area (Å²) in [7, 11) is 0. The topological polar surface area (TPSA) is 22.1 Å². The van der Waals surface area contributed by atoms with Crippen molar-refractivity contribution >= 4 is 11.6 Å². The molecule has 0 N–H and O–H groups in total. The van der Waals surface area contributed by atoms with Gasteiger partial charge in [-0.15, -0.1) is 0 Å². The third-order valence-corrected chi connectivity index (χ3v) is 3.12. The Morgan fingerprint density at radius 3 is 2.72 bits per heavy atom. The fourth-order valence-corrected chi connectivity index (χ4v) is 1.94. The standard InChI is InChI=1S/C15H16ClNO/c1-11(2)13-5-3-4-6-15(13)18-10-12-7-8-17-9-14(12)16/h3-9,11H,10H2,1-2H3. The summed E-state index contributed by atoms with van der Waals surface area (Å²) in [5.41, 5.74) is 2.16. The summed E-state index contributed by atoms with van der Waals surface area (Å²) in [6.45, 7) is 4.77. The van der Waals surface area contributed by atoms with Crippen molar-refractivity contribution < 1.29 is 4.74 Å². The van der Waals surface area contributed by atoms with E-state index >= 15 is 0 Å². The van der Waals surface area contributed by atoms with Gasteiger partial charge in [0.05, 0.1) is 5.02 Å². The number of ether oxygens (including phenoxy) is 1. The third-order valence-electron chi connectivity index (χ3n) is 2.78. The molecule has 94 valence electrons. The molecule has 0 atom stereocenters. The van der Waals surface area contributed by atoms with Gasteiger partial charge in [0.25, 0.3) is 0 Å². The molecule has 18 heavy (non-hydrogen) atoms. The first kappa shape index (κ1) is 12.9. The predicted molar refractivity (Wildman–Crippen MR) is 74.1 cm³/mol. The maximum atomic E-state index is 6.05. The first-order valence-electron chi connectivity index (χ1n) is 5.98. The zero-order chi connectivity index (χ0) is 13.0. The van der Waals surface area contributed by atoms with Gasteiger partial charge in [-0.25, -0.2) is 0 Å². The molecule has 0 aliphatic rings. The number of nitrogens with zero attached hydrogens (tertiary/aromatic N) is 1.